The maximum absolute atomic E-state index is 11.0. The van der Waals surface area contributed by atoms with E-state index in [1.807, 2.05) is 0 Å². The molecule has 0 aromatic carbocycles. The Kier molecular flexibility index (Phi) is 3.79. The first-order chi connectivity index (χ1) is 6.99. The number of carboxylic acid groups (broad SMARTS) is 1. The van der Waals surface area contributed by atoms with Gasteiger partial charge in [-0.15, -0.1) is 0 Å². The summed E-state index contributed by atoms with van der Waals surface area (Å²) in [5, 5.41) is 8.33. The molecule has 0 spiro atoms. The van der Waals surface area contributed by atoms with E-state index < -0.39 is 18.4 Å². The van der Waals surface area contributed by atoms with Crippen LogP contribution < -0.4 is 4.74 Å². The second-order valence-corrected chi connectivity index (χ2v) is 3.62. The maximum Gasteiger partial charge on any atom is 0.323 e. The van der Waals surface area contributed by atoms with Crippen LogP contribution in [-0.2, 0) is 9.59 Å². The van der Waals surface area contributed by atoms with Crippen molar-refractivity contribution in [1.82, 2.24) is 4.98 Å². The van der Waals surface area contributed by atoms with Gasteiger partial charge in [0.2, 0.25) is 5.88 Å². The number of hydrogen-bond donors (Lipinski definition) is 1. The number of aliphatic carboxylic acids is 1. The topological polar surface area (TPSA) is 76.5 Å². The molecule has 0 aliphatic heterocycles. The summed E-state index contributed by atoms with van der Waals surface area (Å²) < 4.78 is 5.50. The molecule has 0 radical (unpaired) electrons. The Morgan fingerprint density at radius 3 is 2.73 bits per heavy atom. The first kappa shape index (κ1) is 11.6. The van der Waals surface area contributed by atoms with E-state index in [4.69, 9.17) is 9.84 Å². The van der Waals surface area contributed by atoms with Crippen LogP contribution in [0.5, 0.6) is 5.88 Å². The maximum atomic E-state index is 11.0. The predicted octanol–water partition coefficient (Wildman–Crippen LogP) is 1.53. The van der Waals surface area contributed by atoms with Crippen LogP contribution in [0.1, 0.15) is 12.1 Å². The lowest BCUT2D eigenvalue weighted by atomic mass is 10.4. The fourth-order valence-electron chi connectivity index (χ4n) is 0.854. The number of aromatic nitrogens is 1. The molecule has 80 valence electrons. The molecular formula is C9H8BrNO4. The summed E-state index contributed by atoms with van der Waals surface area (Å²) in [7, 11) is 0. The van der Waals surface area contributed by atoms with Crippen molar-refractivity contribution in [3.8, 4) is 5.88 Å². The number of carbonyl (C=O) groups is 2. The molecule has 15 heavy (non-hydrogen) atoms. The van der Waals surface area contributed by atoms with E-state index in [1.165, 1.54) is 6.07 Å². The number of ether oxygens (including phenoxy) is 1. The van der Waals surface area contributed by atoms with Gasteiger partial charge >= 0.3 is 11.9 Å². The first-order valence-electron chi connectivity index (χ1n) is 4.04. The van der Waals surface area contributed by atoms with E-state index in [0.717, 1.165) is 4.47 Å². The molecule has 1 aromatic rings. The number of halogens is 1. The molecule has 0 aliphatic carbocycles. The minimum absolute atomic E-state index is 0.0990. The van der Waals surface area contributed by atoms with Gasteiger partial charge in [-0.1, -0.05) is 0 Å². The number of aryl methyl sites for hydroxylation is 1. The van der Waals surface area contributed by atoms with Crippen molar-refractivity contribution >= 4 is 27.9 Å². The highest BCUT2D eigenvalue weighted by Crippen LogP contribution is 2.17. The number of carbonyl (C=O) groups excluding carboxylic acids is 1. The van der Waals surface area contributed by atoms with Crippen molar-refractivity contribution in [3.63, 3.8) is 0 Å². The SMILES string of the molecule is Cc1nc(OC(=O)CC(=O)O)ccc1Br. The van der Waals surface area contributed by atoms with Gasteiger partial charge in [0.15, 0.2) is 0 Å². The molecule has 0 unspecified atom stereocenters. The number of esters is 1. The van der Waals surface area contributed by atoms with E-state index >= 15 is 0 Å². The molecule has 1 rings (SSSR count). The third-order valence-corrected chi connectivity index (χ3v) is 2.35. The van der Waals surface area contributed by atoms with Crippen molar-refractivity contribution in [2.24, 2.45) is 0 Å². The molecule has 0 saturated carbocycles. The van der Waals surface area contributed by atoms with Crippen LogP contribution >= 0.6 is 15.9 Å². The Bertz CT molecular complexity index is 405. The highest BCUT2D eigenvalue weighted by atomic mass is 79.9. The normalized spacial score (nSPS) is 9.73. The summed E-state index contributed by atoms with van der Waals surface area (Å²) in [4.78, 5) is 25.1. The number of rotatable bonds is 3. The molecule has 5 nitrogen and oxygen atoms in total. The van der Waals surface area contributed by atoms with Crippen molar-refractivity contribution in [2.75, 3.05) is 0 Å². The van der Waals surface area contributed by atoms with Gasteiger partial charge in [-0.3, -0.25) is 9.59 Å². The third-order valence-electron chi connectivity index (χ3n) is 1.51. The highest BCUT2D eigenvalue weighted by molar-refractivity contribution is 9.10. The zero-order valence-corrected chi connectivity index (χ0v) is 9.44. The van der Waals surface area contributed by atoms with Crippen molar-refractivity contribution < 1.29 is 19.4 Å². The summed E-state index contributed by atoms with van der Waals surface area (Å²) in [6.45, 7) is 1.73. The van der Waals surface area contributed by atoms with Gasteiger partial charge in [0, 0.05) is 10.5 Å². The zero-order valence-electron chi connectivity index (χ0n) is 7.86. The van der Waals surface area contributed by atoms with E-state index in [2.05, 4.69) is 20.9 Å². The summed E-state index contributed by atoms with van der Waals surface area (Å²) in [5.74, 6) is -1.97. The van der Waals surface area contributed by atoms with Crippen LogP contribution in [0.15, 0.2) is 16.6 Å². The number of hydrogen-bond acceptors (Lipinski definition) is 4. The fraction of sp³-hybridized carbons (Fsp3) is 0.222. The van der Waals surface area contributed by atoms with Gasteiger partial charge in [-0.25, -0.2) is 4.98 Å². The van der Waals surface area contributed by atoms with Crippen LogP contribution in [-0.4, -0.2) is 22.0 Å². The first-order valence-corrected chi connectivity index (χ1v) is 4.84. The standard InChI is InChI=1S/C9H8BrNO4/c1-5-6(10)2-3-7(11-5)15-9(14)4-8(12)13/h2-3H,4H2,1H3,(H,12,13). The van der Waals surface area contributed by atoms with E-state index in [1.54, 1.807) is 13.0 Å². The van der Waals surface area contributed by atoms with Gasteiger partial charge in [-0.05, 0) is 28.9 Å². The summed E-state index contributed by atoms with van der Waals surface area (Å²) >= 11 is 3.24. The number of pyridine rings is 1. The lowest BCUT2D eigenvalue weighted by molar-refractivity contribution is -0.145. The molecule has 1 N–H and O–H groups in total. The van der Waals surface area contributed by atoms with Crippen molar-refractivity contribution in [2.45, 2.75) is 13.3 Å². The summed E-state index contributed by atoms with van der Waals surface area (Å²) in [6, 6.07) is 3.16. The Balaban J connectivity index is 2.69. The van der Waals surface area contributed by atoms with Gasteiger partial charge < -0.3 is 9.84 Å². The van der Waals surface area contributed by atoms with Crippen molar-refractivity contribution in [1.29, 1.82) is 0 Å². The average Bonchev–Trinajstić information content (AvgIpc) is 2.10. The molecule has 6 heteroatoms. The molecule has 1 heterocycles. The molecule has 0 bridgehead atoms. The predicted molar refractivity (Wildman–Crippen MR) is 54.6 cm³/mol. The minimum Gasteiger partial charge on any atom is -0.481 e. The van der Waals surface area contributed by atoms with Gasteiger partial charge in [0.25, 0.3) is 0 Å². The van der Waals surface area contributed by atoms with E-state index in [-0.39, 0.29) is 5.88 Å². The Morgan fingerprint density at radius 1 is 1.53 bits per heavy atom. The second kappa shape index (κ2) is 4.88. The molecule has 0 fully saturated rings. The quantitative estimate of drug-likeness (QED) is 0.668. The molecule has 0 aliphatic rings. The molecular weight excluding hydrogens is 266 g/mol. The summed E-state index contributed by atoms with van der Waals surface area (Å²) in [5.41, 5.74) is 0.663. The Hall–Kier alpha value is -1.43. The van der Waals surface area contributed by atoms with Crippen LogP contribution in [0.4, 0.5) is 0 Å². The number of nitrogens with zero attached hydrogens (tertiary/aromatic N) is 1. The van der Waals surface area contributed by atoms with E-state index in [9.17, 15) is 9.59 Å². The smallest absolute Gasteiger partial charge is 0.323 e. The lowest BCUT2D eigenvalue weighted by Gasteiger charge is -2.03. The van der Waals surface area contributed by atoms with Crippen LogP contribution in [0.25, 0.3) is 0 Å². The fourth-order valence-corrected chi connectivity index (χ4v) is 1.07. The third kappa shape index (κ3) is 3.67. The lowest BCUT2D eigenvalue weighted by Crippen LogP contribution is -2.14. The van der Waals surface area contributed by atoms with Gasteiger partial charge in [0.1, 0.15) is 6.42 Å². The highest BCUT2D eigenvalue weighted by Gasteiger charge is 2.11. The average molecular weight is 274 g/mol. The summed E-state index contributed by atoms with van der Waals surface area (Å²) in [6.07, 6.45) is -0.670. The second-order valence-electron chi connectivity index (χ2n) is 2.76. The van der Waals surface area contributed by atoms with Gasteiger partial charge in [-0.2, -0.15) is 0 Å². The largest absolute Gasteiger partial charge is 0.481 e. The van der Waals surface area contributed by atoms with Crippen LogP contribution in [0.2, 0.25) is 0 Å². The van der Waals surface area contributed by atoms with Crippen molar-refractivity contribution in [3.05, 3.63) is 22.3 Å². The molecule has 0 saturated heterocycles. The Labute approximate surface area is 94.2 Å². The van der Waals surface area contributed by atoms with Gasteiger partial charge in [0.05, 0.1) is 5.69 Å². The van der Waals surface area contributed by atoms with E-state index in [0.29, 0.717) is 5.69 Å². The van der Waals surface area contributed by atoms with Crippen LogP contribution in [0.3, 0.4) is 0 Å². The minimum atomic E-state index is -1.23. The molecule has 1 aromatic heterocycles. The molecule has 0 amide bonds. The monoisotopic (exact) mass is 273 g/mol. The zero-order chi connectivity index (χ0) is 11.4. The molecule has 0 atom stereocenters. The number of carboxylic acids is 1. The Morgan fingerprint density at radius 2 is 2.20 bits per heavy atom. The van der Waals surface area contributed by atoms with Crippen LogP contribution in [0, 0.1) is 6.92 Å².